The molecule has 0 radical (unpaired) electrons. The molecule has 0 spiro atoms. The van der Waals surface area contributed by atoms with Crippen molar-refractivity contribution in [3.05, 3.63) is 35.4 Å². The zero-order chi connectivity index (χ0) is 14.6. The summed E-state index contributed by atoms with van der Waals surface area (Å²) in [5.41, 5.74) is 7.72. The Bertz CT molecular complexity index is 445. The first-order valence-corrected chi connectivity index (χ1v) is 7.70. The predicted molar refractivity (Wildman–Crippen MR) is 82.7 cm³/mol. The maximum atomic E-state index is 12.4. The lowest BCUT2D eigenvalue weighted by Crippen LogP contribution is -2.55. The van der Waals surface area contributed by atoms with E-state index in [1.54, 1.807) is 0 Å². The normalized spacial score (nSPS) is 26.2. The van der Waals surface area contributed by atoms with Crippen LogP contribution < -0.4 is 11.1 Å². The summed E-state index contributed by atoms with van der Waals surface area (Å²) in [5.74, 6) is 0.753. The van der Waals surface area contributed by atoms with E-state index in [-0.39, 0.29) is 11.4 Å². The van der Waals surface area contributed by atoms with Crippen LogP contribution >= 0.6 is 0 Å². The summed E-state index contributed by atoms with van der Waals surface area (Å²) < 4.78 is 0. The Morgan fingerprint density at radius 2 is 1.90 bits per heavy atom. The summed E-state index contributed by atoms with van der Waals surface area (Å²) in [6.45, 7) is 4.91. The van der Waals surface area contributed by atoms with Gasteiger partial charge in [0.05, 0.1) is 5.54 Å². The third-order valence-corrected chi connectivity index (χ3v) is 4.63. The summed E-state index contributed by atoms with van der Waals surface area (Å²) in [4.78, 5) is 12.4. The van der Waals surface area contributed by atoms with E-state index in [0.29, 0.717) is 6.54 Å². The Morgan fingerprint density at radius 1 is 1.30 bits per heavy atom. The first-order valence-electron chi connectivity index (χ1n) is 7.70. The molecule has 0 atom stereocenters. The van der Waals surface area contributed by atoms with Crippen LogP contribution in [0.4, 0.5) is 0 Å². The number of rotatable bonds is 4. The van der Waals surface area contributed by atoms with Crippen molar-refractivity contribution >= 4 is 5.91 Å². The number of nitrogens with one attached hydrogen (secondary N) is 1. The Hall–Kier alpha value is -1.35. The number of amides is 1. The second-order valence-electron chi connectivity index (χ2n) is 6.17. The Balaban J connectivity index is 2.04. The van der Waals surface area contributed by atoms with Gasteiger partial charge in [-0.15, -0.1) is 0 Å². The van der Waals surface area contributed by atoms with E-state index in [9.17, 15) is 4.79 Å². The monoisotopic (exact) mass is 274 g/mol. The van der Waals surface area contributed by atoms with Crippen LogP contribution in [0.1, 0.15) is 55.5 Å². The van der Waals surface area contributed by atoms with Gasteiger partial charge in [0.2, 0.25) is 0 Å². The zero-order valence-corrected chi connectivity index (χ0v) is 12.6. The fraction of sp³-hybridized carbons (Fsp3) is 0.588. The zero-order valence-electron chi connectivity index (χ0n) is 12.6. The average Bonchev–Trinajstić information content (AvgIpc) is 2.50. The second kappa shape index (κ2) is 6.40. The summed E-state index contributed by atoms with van der Waals surface area (Å²) in [6.07, 6.45) is 5.26. The first-order chi connectivity index (χ1) is 9.58. The van der Waals surface area contributed by atoms with Crippen LogP contribution in [0, 0.1) is 5.92 Å². The molecule has 1 aliphatic carbocycles. The van der Waals surface area contributed by atoms with Crippen molar-refractivity contribution in [2.24, 2.45) is 11.7 Å². The highest BCUT2D eigenvalue weighted by Crippen LogP contribution is 2.31. The molecule has 0 heterocycles. The van der Waals surface area contributed by atoms with Crippen LogP contribution in [-0.4, -0.2) is 18.0 Å². The Kier molecular flexibility index (Phi) is 4.81. The number of carbonyl (C=O) groups excluding carboxylic acids is 1. The fourth-order valence-corrected chi connectivity index (χ4v) is 2.90. The minimum atomic E-state index is -0.201. The largest absolute Gasteiger partial charge is 0.345 e. The van der Waals surface area contributed by atoms with Crippen molar-refractivity contribution in [1.82, 2.24) is 5.32 Å². The van der Waals surface area contributed by atoms with Crippen molar-refractivity contribution in [2.75, 3.05) is 6.54 Å². The number of nitrogens with two attached hydrogens (primary N) is 1. The molecular weight excluding hydrogens is 248 g/mol. The van der Waals surface area contributed by atoms with Gasteiger partial charge in [-0.2, -0.15) is 0 Å². The molecule has 0 saturated heterocycles. The maximum absolute atomic E-state index is 12.4. The van der Waals surface area contributed by atoms with E-state index in [0.717, 1.165) is 43.6 Å². The topological polar surface area (TPSA) is 55.1 Å². The molecule has 1 fully saturated rings. The van der Waals surface area contributed by atoms with Gasteiger partial charge in [0.1, 0.15) is 0 Å². The van der Waals surface area contributed by atoms with E-state index < -0.39 is 0 Å². The maximum Gasteiger partial charge on any atom is 0.251 e. The molecule has 2 rings (SSSR count). The first kappa shape index (κ1) is 15.0. The number of benzene rings is 1. The van der Waals surface area contributed by atoms with Gasteiger partial charge in [-0.25, -0.2) is 0 Å². The highest BCUT2D eigenvalue weighted by atomic mass is 16.1. The van der Waals surface area contributed by atoms with Crippen LogP contribution in [0.5, 0.6) is 0 Å². The number of carbonyl (C=O) groups is 1. The SMILES string of the molecule is CCc1ccc(C(=O)NC2(CN)CCC(C)CC2)cc1. The molecule has 1 amide bonds. The molecule has 0 aromatic heterocycles. The lowest BCUT2D eigenvalue weighted by atomic mass is 9.77. The summed E-state index contributed by atoms with van der Waals surface area (Å²) in [7, 11) is 0. The third-order valence-electron chi connectivity index (χ3n) is 4.63. The van der Waals surface area contributed by atoms with Crippen LogP contribution in [-0.2, 0) is 6.42 Å². The second-order valence-corrected chi connectivity index (χ2v) is 6.17. The number of hydrogen-bond donors (Lipinski definition) is 2. The smallest absolute Gasteiger partial charge is 0.251 e. The van der Waals surface area contributed by atoms with Crippen LogP contribution in [0.15, 0.2) is 24.3 Å². The van der Waals surface area contributed by atoms with Crippen LogP contribution in [0.2, 0.25) is 0 Å². The molecule has 1 aromatic carbocycles. The molecule has 3 N–H and O–H groups in total. The molecular formula is C17H26N2O. The number of aryl methyl sites for hydroxylation is 1. The lowest BCUT2D eigenvalue weighted by Gasteiger charge is -2.39. The van der Waals surface area contributed by atoms with Crippen molar-refractivity contribution in [1.29, 1.82) is 0 Å². The fourth-order valence-electron chi connectivity index (χ4n) is 2.90. The van der Waals surface area contributed by atoms with Crippen molar-refractivity contribution < 1.29 is 4.79 Å². The number of hydrogen-bond acceptors (Lipinski definition) is 2. The van der Waals surface area contributed by atoms with Crippen LogP contribution in [0.3, 0.4) is 0 Å². The quantitative estimate of drug-likeness (QED) is 0.887. The molecule has 110 valence electrons. The van der Waals surface area contributed by atoms with Crippen molar-refractivity contribution in [3.63, 3.8) is 0 Å². The molecule has 1 aromatic rings. The minimum absolute atomic E-state index is 0.00709. The van der Waals surface area contributed by atoms with Gasteiger partial charge < -0.3 is 11.1 Å². The molecule has 3 nitrogen and oxygen atoms in total. The molecule has 1 aliphatic rings. The standard InChI is InChI=1S/C17H26N2O/c1-3-14-4-6-15(7-5-14)16(20)19-17(12-18)10-8-13(2)9-11-17/h4-7,13H,3,8-12,18H2,1-2H3,(H,19,20). The molecule has 1 saturated carbocycles. The predicted octanol–water partition coefficient (Wildman–Crippen LogP) is 2.89. The van der Waals surface area contributed by atoms with Crippen LogP contribution in [0.25, 0.3) is 0 Å². The summed E-state index contributed by atoms with van der Waals surface area (Å²) in [6, 6.07) is 7.85. The molecule has 20 heavy (non-hydrogen) atoms. The molecule has 0 unspecified atom stereocenters. The van der Waals surface area contributed by atoms with Gasteiger partial charge in [0.25, 0.3) is 5.91 Å². The highest BCUT2D eigenvalue weighted by Gasteiger charge is 2.34. The average molecular weight is 274 g/mol. The van der Waals surface area contributed by atoms with Crippen molar-refractivity contribution in [3.8, 4) is 0 Å². The van der Waals surface area contributed by atoms with Gasteiger partial charge >= 0.3 is 0 Å². The van der Waals surface area contributed by atoms with Gasteiger partial charge in [-0.1, -0.05) is 26.0 Å². The van der Waals surface area contributed by atoms with Gasteiger partial charge in [-0.3, -0.25) is 4.79 Å². The van der Waals surface area contributed by atoms with E-state index >= 15 is 0 Å². The van der Waals surface area contributed by atoms with Crippen molar-refractivity contribution in [2.45, 2.75) is 51.5 Å². The van der Waals surface area contributed by atoms with E-state index in [4.69, 9.17) is 5.73 Å². The van der Waals surface area contributed by atoms with Gasteiger partial charge in [-0.05, 0) is 55.7 Å². The van der Waals surface area contributed by atoms with Gasteiger partial charge in [0, 0.05) is 12.1 Å². The minimum Gasteiger partial charge on any atom is -0.345 e. The third kappa shape index (κ3) is 3.40. The van der Waals surface area contributed by atoms with E-state index in [1.807, 2.05) is 24.3 Å². The van der Waals surface area contributed by atoms with E-state index in [2.05, 4.69) is 19.2 Å². The lowest BCUT2D eigenvalue weighted by molar-refractivity contribution is 0.0860. The Morgan fingerprint density at radius 3 is 2.40 bits per heavy atom. The molecule has 3 heteroatoms. The Labute approximate surface area is 121 Å². The highest BCUT2D eigenvalue weighted by molar-refractivity contribution is 5.94. The van der Waals surface area contributed by atoms with E-state index in [1.165, 1.54) is 5.56 Å². The van der Waals surface area contributed by atoms with Gasteiger partial charge in [0.15, 0.2) is 0 Å². The summed E-state index contributed by atoms with van der Waals surface area (Å²) in [5, 5.41) is 3.19. The molecule has 0 bridgehead atoms. The summed E-state index contributed by atoms with van der Waals surface area (Å²) >= 11 is 0. The molecule has 0 aliphatic heterocycles.